The number of halogens is 2. The molecule has 2 heterocycles. The van der Waals surface area contributed by atoms with Crippen molar-refractivity contribution in [3.8, 4) is 5.88 Å². The number of carbonyl (C=O) groups excluding carboxylic acids is 2. The largest absolute Gasteiger partial charge is 0.481 e. The number of amides is 1. The molecule has 0 aliphatic heterocycles. The maximum absolute atomic E-state index is 13.5. The lowest BCUT2D eigenvalue weighted by Crippen LogP contribution is -2.36. The Kier molecular flexibility index (Phi) is 5.92. The highest BCUT2D eigenvalue weighted by molar-refractivity contribution is 6.49. The molecule has 0 fully saturated rings. The van der Waals surface area contributed by atoms with Crippen LogP contribution in [0, 0.1) is 12.7 Å². The second-order valence-corrected chi connectivity index (χ2v) is 7.59. The lowest BCUT2D eigenvalue weighted by molar-refractivity contribution is -0.114. The van der Waals surface area contributed by atoms with Gasteiger partial charge in [0.15, 0.2) is 0 Å². The van der Waals surface area contributed by atoms with Crippen molar-refractivity contribution in [3.05, 3.63) is 88.5 Å². The van der Waals surface area contributed by atoms with Gasteiger partial charge in [-0.3, -0.25) is 9.59 Å². The van der Waals surface area contributed by atoms with Crippen molar-refractivity contribution in [3.63, 3.8) is 0 Å². The third-order valence-electron chi connectivity index (χ3n) is 5.14. The Labute approximate surface area is 188 Å². The Morgan fingerprint density at radius 3 is 2.69 bits per heavy atom. The molecule has 0 bridgehead atoms. The highest BCUT2D eigenvalue weighted by Crippen LogP contribution is 2.28. The van der Waals surface area contributed by atoms with Crippen LogP contribution in [0.3, 0.4) is 0 Å². The van der Waals surface area contributed by atoms with Crippen LogP contribution in [0.15, 0.2) is 60.8 Å². The second kappa shape index (κ2) is 8.80. The first-order valence-electron chi connectivity index (χ1n) is 9.76. The number of hydrogen-bond acceptors (Lipinski definition) is 4. The maximum Gasteiger partial charge on any atom is 0.299 e. The molecule has 2 aromatic carbocycles. The average Bonchev–Trinajstić information content (AvgIpc) is 3.13. The Morgan fingerprint density at radius 1 is 1.16 bits per heavy atom. The van der Waals surface area contributed by atoms with Crippen molar-refractivity contribution in [1.29, 1.82) is 0 Å². The zero-order valence-electron chi connectivity index (χ0n) is 17.4. The van der Waals surface area contributed by atoms with E-state index in [4.69, 9.17) is 16.3 Å². The van der Waals surface area contributed by atoms with E-state index in [1.165, 1.54) is 30.3 Å². The molecule has 6 nitrogen and oxygen atoms in total. The van der Waals surface area contributed by atoms with Crippen LogP contribution in [0.2, 0.25) is 5.02 Å². The molecule has 0 saturated carbocycles. The molecule has 0 radical (unpaired) electrons. The first kappa shape index (κ1) is 21.5. The van der Waals surface area contributed by atoms with Crippen molar-refractivity contribution >= 4 is 39.9 Å². The zero-order chi connectivity index (χ0) is 22.8. The van der Waals surface area contributed by atoms with Crippen molar-refractivity contribution in [1.82, 2.24) is 9.97 Å². The average molecular weight is 452 g/mol. The molecular weight excluding hydrogens is 433 g/mol. The number of rotatable bonds is 6. The molecule has 0 aliphatic rings. The van der Waals surface area contributed by atoms with E-state index in [0.717, 1.165) is 11.6 Å². The smallest absolute Gasteiger partial charge is 0.299 e. The van der Waals surface area contributed by atoms with Crippen molar-refractivity contribution in [2.24, 2.45) is 0 Å². The number of para-hydroxylation sites is 1. The molecular formula is C24H19ClFN3O3. The Bertz CT molecular complexity index is 1340. The third-order valence-corrected chi connectivity index (χ3v) is 5.49. The van der Waals surface area contributed by atoms with Crippen LogP contribution in [0.1, 0.15) is 21.6 Å². The summed E-state index contributed by atoms with van der Waals surface area (Å²) < 4.78 is 18.7. The molecule has 162 valence electrons. The molecule has 8 heteroatoms. The van der Waals surface area contributed by atoms with E-state index in [-0.39, 0.29) is 17.4 Å². The van der Waals surface area contributed by atoms with Gasteiger partial charge in [0.25, 0.3) is 11.7 Å². The zero-order valence-corrected chi connectivity index (χ0v) is 18.1. The highest BCUT2D eigenvalue weighted by atomic mass is 35.5. The van der Waals surface area contributed by atoms with Gasteiger partial charge in [-0.1, -0.05) is 35.9 Å². The minimum Gasteiger partial charge on any atom is -0.481 e. The highest BCUT2D eigenvalue weighted by Gasteiger charge is 2.29. The first-order chi connectivity index (χ1) is 15.4. The molecule has 0 atom stereocenters. The number of aromatic nitrogens is 2. The van der Waals surface area contributed by atoms with Gasteiger partial charge in [-0.2, -0.15) is 0 Å². The summed E-state index contributed by atoms with van der Waals surface area (Å²) in [6.45, 7) is 1.70. The number of fused-ring (bicyclic) bond motifs is 1. The predicted molar refractivity (Wildman–Crippen MR) is 121 cm³/mol. The number of benzene rings is 2. The molecule has 0 spiro atoms. The summed E-state index contributed by atoms with van der Waals surface area (Å²) in [6.07, 6.45) is 1.47. The van der Waals surface area contributed by atoms with Gasteiger partial charge >= 0.3 is 0 Å². The topological polar surface area (TPSA) is 75.3 Å². The number of Topliss-reactive ketones (excluding diaryl/α,β-unsaturated/α-hetero) is 1. The van der Waals surface area contributed by atoms with E-state index in [1.54, 1.807) is 31.2 Å². The Balaban J connectivity index is 1.78. The van der Waals surface area contributed by atoms with Crippen LogP contribution < -0.4 is 9.64 Å². The minimum atomic E-state index is -0.758. The summed E-state index contributed by atoms with van der Waals surface area (Å²) in [4.78, 5) is 35.4. The molecule has 2 aromatic heterocycles. The number of aryl methyl sites for hydroxylation is 1. The van der Waals surface area contributed by atoms with Gasteiger partial charge in [-0.15, -0.1) is 0 Å². The van der Waals surface area contributed by atoms with Crippen molar-refractivity contribution in [2.75, 3.05) is 12.0 Å². The number of anilines is 1. The molecule has 32 heavy (non-hydrogen) atoms. The van der Waals surface area contributed by atoms with E-state index in [1.807, 2.05) is 12.1 Å². The normalized spacial score (nSPS) is 10.9. The SMILES string of the molecule is COc1cc(N(Cc2ccc(F)cc2Cl)C(=O)C(=O)c2c(C)[nH]c3ccccc23)ccn1. The van der Waals surface area contributed by atoms with E-state index in [2.05, 4.69) is 9.97 Å². The molecule has 1 amide bonds. The molecule has 0 aliphatic carbocycles. The fraction of sp³-hybridized carbons (Fsp3) is 0.125. The van der Waals surface area contributed by atoms with Crippen LogP contribution in [-0.2, 0) is 11.3 Å². The van der Waals surface area contributed by atoms with E-state index < -0.39 is 17.5 Å². The predicted octanol–water partition coefficient (Wildman–Crippen LogP) is 5.09. The summed E-state index contributed by atoms with van der Waals surface area (Å²) in [5.74, 6) is -1.64. The van der Waals surface area contributed by atoms with Gasteiger partial charge in [-0.25, -0.2) is 9.37 Å². The second-order valence-electron chi connectivity index (χ2n) is 7.18. The first-order valence-corrected chi connectivity index (χ1v) is 10.1. The van der Waals surface area contributed by atoms with Crippen LogP contribution in [0.25, 0.3) is 10.9 Å². The number of hydrogen-bond donors (Lipinski definition) is 1. The van der Waals surface area contributed by atoms with Crippen molar-refractivity contribution in [2.45, 2.75) is 13.5 Å². The summed E-state index contributed by atoms with van der Waals surface area (Å²) in [7, 11) is 1.45. The van der Waals surface area contributed by atoms with Crippen LogP contribution >= 0.6 is 11.6 Å². The number of methoxy groups -OCH3 is 1. The molecule has 4 rings (SSSR count). The molecule has 0 unspecified atom stereocenters. The number of H-pyrrole nitrogens is 1. The Morgan fingerprint density at radius 2 is 1.94 bits per heavy atom. The van der Waals surface area contributed by atoms with Crippen LogP contribution in [-0.4, -0.2) is 28.8 Å². The van der Waals surface area contributed by atoms with E-state index in [0.29, 0.717) is 27.9 Å². The van der Waals surface area contributed by atoms with Gasteiger partial charge < -0.3 is 14.6 Å². The number of carbonyl (C=O) groups is 2. The van der Waals surface area contributed by atoms with Crippen molar-refractivity contribution < 1.29 is 18.7 Å². The van der Waals surface area contributed by atoms with Gasteiger partial charge in [-0.05, 0) is 36.8 Å². The van der Waals surface area contributed by atoms with Crippen LogP contribution in [0.4, 0.5) is 10.1 Å². The lowest BCUT2D eigenvalue weighted by atomic mass is 10.0. The minimum absolute atomic E-state index is 0.0434. The van der Waals surface area contributed by atoms with Gasteiger partial charge in [0.2, 0.25) is 5.88 Å². The molecule has 1 N–H and O–H groups in total. The van der Waals surface area contributed by atoms with Gasteiger partial charge in [0.05, 0.1) is 24.9 Å². The molecule has 4 aromatic rings. The van der Waals surface area contributed by atoms with Crippen LogP contribution in [0.5, 0.6) is 5.88 Å². The summed E-state index contributed by atoms with van der Waals surface area (Å²) >= 11 is 6.20. The summed E-state index contributed by atoms with van der Waals surface area (Å²) in [6, 6.07) is 14.3. The molecule has 0 saturated heterocycles. The number of pyridine rings is 1. The van der Waals surface area contributed by atoms with Gasteiger partial charge in [0.1, 0.15) is 5.82 Å². The quantitative estimate of drug-likeness (QED) is 0.327. The maximum atomic E-state index is 13.5. The fourth-order valence-electron chi connectivity index (χ4n) is 3.58. The number of nitrogens with one attached hydrogen (secondary N) is 1. The number of aromatic amines is 1. The number of nitrogens with zero attached hydrogens (tertiary/aromatic N) is 2. The fourth-order valence-corrected chi connectivity index (χ4v) is 3.80. The van der Waals surface area contributed by atoms with Gasteiger partial charge in [0, 0.05) is 33.9 Å². The number of ether oxygens (including phenoxy) is 1. The lowest BCUT2D eigenvalue weighted by Gasteiger charge is -2.23. The summed E-state index contributed by atoms with van der Waals surface area (Å²) in [5, 5.41) is 0.815. The Hall–Kier alpha value is -3.71. The standard InChI is InChI=1S/C24H19ClFN3O3/c1-14-22(18-5-3-4-6-20(18)28-14)23(30)24(31)29(17-9-10-27-21(12-17)32-2)13-15-7-8-16(26)11-19(15)25/h3-12,28H,13H2,1-2H3. The monoisotopic (exact) mass is 451 g/mol. The third kappa shape index (κ3) is 4.07. The van der Waals surface area contributed by atoms with E-state index in [9.17, 15) is 14.0 Å². The summed E-state index contributed by atoms with van der Waals surface area (Å²) in [5.41, 5.74) is 2.55. The number of ketones is 1. The van der Waals surface area contributed by atoms with E-state index >= 15 is 0 Å².